The third-order valence-corrected chi connectivity index (χ3v) is 6.30. The van der Waals surface area contributed by atoms with E-state index in [9.17, 15) is 18.0 Å². The van der Waals surface area contributed by atoms with Crippen LogP contribution in [0.5, 0.6) is 0 Å². The molecule has 0 atom stereocenters. The molecule has 3 aromatic rings. The van der Waals surface area contributed by atoms with Crippen molar-refractivity contribution in [3.63, 3.8) is 0 Å². The van der Waals surface area contributed by atoms with Gasteiger partial charge in [-0.2, -0.15) is 13.2 Å². The lowest BCUT2D eigenvalue weighted by Crippen LogP contribution is -2.32. The highest BCUT2D eigenvalue weighted by Crippen LogP contribution is 2.36. The fourth-order valence-electron chi connectivity index (χ4n) is 3.75. The van der Waals surface area contributed by atoms with Gasteiger partial charge in [0, 0.05) is 40.8 Å². The third kappa shape index (κ3) is 4.35. The minimum Gasteiger partial charge on any atom is -0.338 e. The van der Waals surface area contributed by atoms with E-state index in [0.29, 0.717) is 23.4 Å². The Kier molecular flexibility index (Phi) is 5.85. The summed E-state index contributed by atoms with van der Waals surface area (Å²) < 4.78 is 43.0. The van der Waals surface area contributed by atoms with Crippen LogP contribution in [0, 0.1) is 5.92 Å². The molecule has 31 heavy (non-hydrogen) atoms. The minimum atomic E-state index is -4.46. The van der Waals surface area contributed by atoms with Crippen LogP contribution in [0.2, 0.25) is 0 Å². The average Bonchev–Trinajstić information content (AvgIpc) is 3.54. The van der Waals surface area contributed by atoms with E-state index in [-0.39, 0.29) is 18.4 Å². The number of benzene rings is 1. The molecule has 4 nitrogen and oxygen atoms in total. The maximum absolute atomic E-state index is 13.5. The van der Waals surface area contributed by atoms with E-state index in [0.717, 1.165) is 46.9 Å². The van der Waals surface area contributed by atoms with Crippen LogP contribution in [-0.2, 0) is 23.9 Å². The quantitative estimate of drug-likeness (QED) is 0.414. The molecule has 0 N–H and O–H groups in total. The van der Waals surface area contributed by atoms with Crippen molar-refractivity contribution in [1.29, 1.82) is 0 Å². The lowest BCUT2D eigenvalue weighted by atomic mass is 10.1. The molecule has 1 aliphatic rings. The molecule has 1 aromatic carbocycles. The molecule has 1 saturated carbocycles. The molecule has 0 aliphatic heterocycles. The number of halogens is 4. The second-order valence-corrected chi connectivity index (χ2v) is 8.70. The summed E-state index contributed by atoms with van der Waals surface area (Å²) in [5.41, 5.74) is 1.87. The summed E-state index contributed by atoms with van der Waals surface area (Å²) in [5.74, 6) is 0.0142. The number of pyridine rings is 1. The maximum atomic E-state index is 13.5. The summed E-state index contributed by atoms with van der Waals surface area (Å²) in [6.07, 6.45) is -0.189. The molecule has 0 bridgehead atoms. The van der Waals surface area contributed by atoms with Crippen molar-refractivity contribution < 1.29 is 18.0 Å². The summed E-state index contributed by atoms with van der Waals surface area (Å²) in [6, 6.07) is 7.61. The van der Waals surface area contributed by atoms with Crippen LogP contribution in [-0.4, -0.2) is 26.9 Å². The Morgan fingerprint density at radius 1 is 1.23 bits per heavy atom. The number of hydrogen-bond donors (Lipinski definition) is 0. The number of hydrogen-bond acceptors (Lipinski definition) is 2. The zero-order chi connectivity index (χ0) is 22.3. The lowest BCUT2D eigenvalue weighted by Gasteiger charge is -2.24. The second kappa shape index (κ2) is 8.30. The zero-order valence-corrected chi connectivity index (χ0v) is 18.9. The highest BCUT2D eigenvalue weighted by molar-refractivity contribution is 9.10. The van der Waals surface area contributed by atoms with Gasteiger partial charge in [0.15, 0.2) is 0 Å². The third-order valence-electron chi connectivity index (χ3n) is 5.67. The van der Waals surface area contributed by atoms with Crippen molar-refractivity contribution in [2.24, 2.45) is 5.92 Å². The Bertz CT molecular complexity index is 1140. The molecule has 164 valence electrons. The van der Waals surface area contributed by atoms with Crippen LogP contribution in [0.3, 0.4) is 0 Å². The number of aromatic nitrogens is 2. The molecule has 2 aromatic heterocycles. The second-order valence-electron chi connectivity index (χ2n) is 7.84. The standard InChI is InChI=1S/C23H23BrF3N3O/c1-3-17-8-9-18-19(24)13-30(21(18)28-17)20-10-7-16(23(25,26)27)11-15(20)12-29(4-2)22(31)14-5-6-14/h7-11,13-14H,3-6,12H2,1-2H3. The van der Waals surface area contributed by atoms with Gasteiger partial charge < -0.3 is 4.90 Å². The predicted molar refractivity (Wildman–Crippen MR) is 117 cm³/mol. The van der Waals surface area contributed by atoms with E-state index >= 15 is 0 Å². The van der Waals surface area contributed by atoms with Crippen molar-refractivity contribution in [2.75, 3.05) is 6.54 Å². The van der Waals surface area contributed by atoms with Gasteiger partial charge in [-0.05, 0) is 78.0 Å². The van der Waals surface area contributed by atoms with Crippen LogP contribution in [0.25, 0.3) is 16.7 Å². The fraction of sp³-hybridized carbons (Fsp3) is 0.391. The molecule has 1 aliphatic carbocycles. The molecule has 0 unspecified atom stereocenters. The first-order chi connectivity index (χ1) is 14.7. The van der Waals surface area contributed by atoms with E-state index < -0.39 is 11.7 Å². The van der Waals surface area contributed by atoms with Crippen molar-refractivity contribution in [3.8, 4) is 5.69 Å². The Balaban J connectivity index is 1.85. The molecule has 2 heterocycles. The first-order valence-corrected chi connectivity index (χ1v) is 11.2. The van der Waals surface area contributed by atoms with Gasteiger partial charge in [-0.15, -0.1) is 0 Å². The van der Waals surface area contributed by atoms with Gasteiger partial charge in [0.05, 0.1) is 11.3 Å². The number of fused-ring (bicyclic) bond motifs is 1. The van der Waals surface area contributed by atoms with Crippen LogP contribution in [0.1, 0.15) is 43.5 Å². The summed E-state index contributed by atoms with van der Waals surface area (Å²) >= 11 is 3.54. The molecule has 1 amide bonds. The monoisotopic (exact) mass is 493 g/mol. The number of carbonyl (C=O) groups is 1. The number of rotatable bonds is 6. The molecule has 0 saturated heterocycles. The summed E-state index contributed by atoms with van der Waals surface area (Å²) in [5, 5.41) is 0.879. The average molecular weight is 494 g/mol. The molecule has 8 heteroatoms. The number of nitrogens with zero attached hydrogens (tertiary/aromatic N) is 3. The first-order valence-electron chi connectivity index (χ1n) is 10.4. The van der Waals surface area contributed by atoms with E-state index in [1.54, 1.807) is 4.90 Å². The van der Waals surface area contributed by atoms with Gasteiger partial charge in [-0.1, -0.05) is 6.92 Å². The van der Waals surface area contributed by atoms with E-state index in [1.807, 2.05) is 36.7 Å². The normalized spacial score (nSPS) is 14.3. The number of carbonyl (C=O) groups excluding carboxylic acids is 1. The number of alkyl halides is 3. The Hall–Kier alpha value is -2.35. The van der Waals surface area contributed by atoms with Gasteiger partial charge in [-0.3, -0.25) is 9.36 Å². The molecular formula is C23H23BrF3N3O. The predicted octanol–water partition coefficient (Wildman–Crippen LogP) is 6.13. The van der Waals surface area contributed by atoms with Crippen LogP contribution < -0.4 is 0 Å². The number of amides is 1. The van der Waals surface area contributed by atoms with E-state index in [2.05, 4.69) is 15.9 Å². The smallest absolute Gasteiger partial charge is 0.338 e. The van der Waals surface area contributed by atoms with Gasteiger partial charge >= 0.3 is 6.18 Å². The highest BCUT2D eigenvalue weighted by Gasteiger charge is 2.34. The Labute approximate surface area is 187 Å². The first kappa shape index (κ1) is 21.9. The SMILES string of the molecule is CCc1ccc2c(Br)cn(-c3ccc(C(F)(F)F)cc3CN(CC)C(=O)C3CC3)c2n1. The van der Waals surface area contributed by atoms with Crippen molar-refractivity contribution in [1.82, 2.24) is 14.5 Å². The molecule has 4 rings (SSSR count). The summed E-state index contributed by atoms with van der Waals surface area (Å²) in [7, 11) is 0. The molecule has 1 fully saturated rings. The topological polar surface area (TPSA) is 38.1 Å². The number of aryl methyl sites for hydroxylation is 1. The van der Waals surface area contributed by atoms with Crippen molar-refractivity contribution >= 4 is 32.9 Å². The Morgan fingerprint density at radius 2 is 1.97 bits per heavy atom. The summed E-state index contributed by atoms with van der Waals surface area (Å²) in [6.45, 7) is 4.42. The molecular weight excluding hydrogens is 471 g/mol. The molecule has 0 spiro atoms. The fourth-order valence-corrected chi connectivity index (χ4v) is 4.26. The highest BCUT2D eigenvalue weighted by atomic mass is 79.9. The Morgan fingerprint density at radius 3 is 2.58 bits per heavy atom. The van der Waals surface area contributed by atoms with Crippen molar-refractivity contribution in [2.45, 2.75) is 45.8 Å². The van der Waals surface area contributed by atoms with E-state index in [4.69, 9.17) is 4.98 Å². The van der Waals surface area contributed by atoms with Crippen LogP contribution in [0.4, 0.5) is 13.2 Å². The van der Waals surface area contributed by atoms with Crippen LogP contribution >= 0.6 is 15.9 Å². The minimum absolute atomic E-state index is 0.00420. The van der Waals surface area contributed by atoms with Gasteiger partial charge in [-0.25, -0.2) is 4.98 Å². The summed E-state index contributed by atoms with van der Waals surface area (Å²) in [4.78, 5) is 19.0. The van der Waals surface area contributed by atoms with Gasteiger partial charge in [0.1, 0.15) is 5.65 Å². The van der Waals surface area contributed by atoms with E-state index in [1.165, 1.54) is 6.07 Å². The largest absolute Gasteiger partial charge is 0.416 e. The van der Waals surface area contributed by atoms with Gasteiger partial charge in [0.2, 0.25) is 5.91 Å². The maximum Gasteiger partial charge on any atom is 0.416 e. The van der Waals surface area contributed by atoms with Crippen LogP contribution in [0.15, 0.2) is 41.0 Å². The van der Waals surface area contributed by atoms with Gasteiger partial charge in [0.25, 0.3) is 0 Å². The van der Waals surface area contributed by atoms with Crippen molar-refractivity contribution in [3.05, 3.63) is 57.8 Å². The zero-order valence-electron chi connectivity index (χ0n) is 17.3. The lowest BCUT2D eigenvalue weighted by molar-refractivity contribution is -0.137. The molecule has 0 radical (unpaired) electrons.